The molecule has 10 heteroatoms. The van der Waals surface area contributed by atoms with E-state index in [-0.39, 0.29) is 36.0 Å². The van der Waals surface area contributed by atoms with Gasteiger partial charge < -0.3 is 34.1 Å². The average molecular weight is 514 g/mol. The number of hydrogen-bond donors (Lipinski definition) is 2. The number of rotatable bonds is 5. The van der Waals surface area contributed by atoms with Crippen LogP contribution in [0.25, 0.3) is 0 Å². The number of fused-ring (bicyclic) bond motifs is 1. The highest BCUT2D eigenvalue weighted by atomic mass is 16.6. The molecule has 2 amide bonds. The number of nitrogens with one attached hydrogen (secondary N) is 1. The van der Waals surface area contributed by atoms with Gasteiger partial charge in [0.1, 0.15) is 23.4 Å². The van der Waals surface area contributed by atoms with Crippen molar-refractivity contribution in [2.24, 2.45) is 5.41 Å². The van der Waals surface area contributed by atoms with Crippen LogP contribution in [0, 0.1) is 5.41 Å². The third-order valence-electron chi connectivity index (χ3n) is 6.68. The maximum Gasteiger partial charge on any atom is 0.410 e. The van der Waals surface area contributed by atoms with E-state index in [2.05, 4.69) is 10.2 Å². The maximum absolute atomic E-state index is 13.1. The molecule has 0 radical (unpaired) electrons. The fraction of sp³-hybridized carbons (Fsp3) is 0.519. The second-order valence-corrected chi connectivity index (χ2v) is 11.0. The summed E-state index contributed by atoms with van der Waals surface area (Å²) in [7, 11) is 1.52. The van der Waals surface area contributed by atoms with E-state index < -0.39 is 16.9 Å². The standard InChI is InChI=1S/C27H35N3O7/c1-26(2,3)37-25(34)30-10-8-29(9-11-30)17-6-7-19(21(12-17)35-5)28-24(33)18-15-36-22-14-27(4,16-31)13-20(32)23(18)22/h6-7,12,15,31H,8-11,13-14,16H2,1-5H3,(H,28,33). The molecule has 200 valence electrons. The summed E-state index contributed by atoms with van der Waals surface area (Å²) in [6.45, 7) is 9.54. The van der Waals surface area contributed by atoms with Crippen LogP contribution in [0.2, 0.25) is 0 Å². The van der Waals surface area contributed by atoms with E-state index in [1.165, 1.54) is 13.4 Å². The summed E-state index contributed by atoms with van der Waals surface area (Å²) in [6.07, 6.45) is 1.52. The van der Waals surface area contributed by atoms with Gasteiger partial charge in [-0.2, -0.15) is 0 Å². The number of carbonyl (C=O) groups excluding carboxylic acids is 3. The van der Waals surface area contributed by atoms with Crippen LogP contribution < -0.4 is 15.0 Å². The van der Waals surface area contributed by atoms with Gasteiger partial charge in [0, 0.05) is 62.8 Å². The van der Waals surface area contributed by atoms with Gasteiger partial charge in [0.25, 0.3) is 5.91 Å². The minimum Gasteiger partial charge on any atom is -0.494 e. The number of ether oxygens (including phenoxy) is 2. The van der Waals surface area contributed by atoms with Gasteiger partial charge in [0.2, 0.25) is 0 Å². The molecule has 2 aromatic rings. The molecule has 1 atom stereocenters. The smallest absolute Gasteiger partial charge is 0.410 e. The molecule has 4 rings (SSSR count). The highest BCUT2D eigenvalue weighted by Crippen LogP contribution is 2.38. The zero-order chi connectivity index (χ0) is 27.0. The monoisotopic (exact) mass is 513 g/mol. The molecule has 1 aliphatic carbocycles. The number of Topliss-reactive ketones (excluding diaryl/α,β-unsaturated/α-hetero) is 1. The van der Waals surface area contributed by atoms with Crippen molar-refractivity contribution in [3.05, 3.63) is 41.3 Å². The zero-order valence-corrected chi connectivity index (χ0v) is 22.1. The summed E-state index contributed by atoms with van der Waals surface area (Å²) in [6, 6.07) is 5.47. The molecule has 0 spiro atoms. The van der Waals surface area contributed by atoms with Gasteiger partial charge in [-0.1, -0.05) is 6.92 Å². The number of aliphatic hydroxyl groups is 1. The number of aliphatic hydroxyl groups excluding tert-OH is 1. The number of benzene rings is 1. The lowest BCUT2D eigenvalue weighted by atomic mass is 9.75. The molecule has 1 aliphatic heterocycles. The molecule has 10 nitrogen and oxygen atoms in total. The Balaban J connectivity index is 1.44. The summed E-state index contributed by atoms with van der Waals surface area (Å²) < 4.78 is 16.6. The summed E-state index contributed by atoms with van der Waals surface area (Å²) in [5.74, 6) is 0.204. The van der Waals surface area contributed by atoms with Crippen molar-refractivity contribution >= 4 is 29.2 Å². The van der Waals surface area contributed by atoms with Crippen LogP contribution >= 0.6 is 0 Å². The Morgan fingerprint density at radius 1 is 1.16 bits per heavy atom. The molecular formula is C27H35N3O7. The zero-order valence-electron chi connectivity index (χ0n) is 22.1. The third kappa shape index (κ3) is 5.74. The van der Waals surface area contributed by atoms with E-state index in [1.807, 2.05) is 39.8 Å². The summed E-state index contributed by atoms with van der Waals surface area (Å²) in [5, 5.41) is 12.5. The van der Waals surface area contributed by atoms with Crippen LogP contribution in [0.15, 0.2) is 28.9 Å². The normalized spacial score (nSPS) is 19.9. The number of piperazine rings is 1. The summed E-state index contributed by atoms with van der Waals surface area (Å²) >= 11 is 0. The third-order valence-corrected chi connectivity index (χ3v) is 6.68. The van der Waals surface area contributed by atoms with Gasteiger partial charge in [-0.05, 0) is 32.9 Å². The van der Waals surface area contributed by atoms with E-state index in [9.17, 15) is 19.5 Å². The first-order valence-electron chi connectivity index (χ1n) is 12.4. The van der Waals surface area contributed by atoms with Gasteiger partial charge in [-0.15, -0.1) is 0 Å². The lowest BCUT2D eigenvalue weighted by Gasteiger charge is -2.37. The molecule has 37 heavy (non-hydrogen) atoms. The lowest BCUT2D eigenvalue weighted by Crippen LogP contribution is -2.50. The Morgan fingerprint density at radius 3 is 2.49 bits per heavy atom. The molecule has 1 saturated heterocycles. The first-order chi connectivity index (χ1) is 17.4. The van der Waals surface area contributed by atoms with Crippen molar-refractivity contribution in [1.82, 2.24) is 4.90 Å². The van der Waals surface area contributed by atoms with Crippen LogP contribution in [-0.4, -0.2) is 73.3 Å². The minimum absolute atomic E-state index is 0.139. The van der Waals surface area contributed by atoms with Gasteiger partial charge >= 0.3 is 6.09 Å². The van der Waals surface area contributed by atoms with E-state index in [0.717, 1.165) is 5.69 Å². The summed E-state index contributed by atoms with van der Waals surface area (Å²) in [5.41, 5.74) is 0.684. The van der Waals surface area contributed by atoms with Crippen LogP contribution in [0.3, 0.4) is 0 Å². The van der Waals surface area contributed by atoms with Gasteiger partial charge in [-0.25, -0.2) is 4.79 Å². The first kappa shape index (κ1) is 26.5. The lowest BCUT2D eigenvalue weighted by molar-refractivity contribution is 0.0240. The van der Waals surface area contributed by atoms with Gasteiger partial charge in [0.15, 0.2) is 5.78 Å². The molecule has 0 saturated carbocycles. The molecule has 1 fully saturated rings. The Morgan fingerprint density at radius 2 is 1.86 bits per heavy atom. The van der Waals surface area contributed by atoms with Crippen molar-refractivity contribution in [3.63, 3.8) is 0 Å². The largest absolute Gasteiger partial charge is 0.494 e. The molecular weight excluding hydrogens is 478 g/mol. The van der Waals surface area contributed by atoms with Gasteiger partial charge in [0.05, 0.1) is 23.9 Å². The quantitative estimate of drug-likeness (QED) is 0.620. The predicted octanol–water partition coefficient (Wildman–Crippen LogP) is 3.73. The summed E-state index contributed by atoms with van der Waals surface area (Å²) in [4.78, 5) is 42.0. The number of anilines is 2. The van der Waals surface area contributed by atoms with Crippen LogP contribution in [0.5, 0.6) is 5.75 Å². The van der Waals surface area contributed by atoms with Crippen molar-refractivity contribution in [1.29, 1.82) is 0 Å². The molecule has 1 aromatic heterocycles. The van der Waals surface area contributed by atoms with E-state index in [0.29, 0.717) is 49.8 Å². The Kier molecular flexibility index (Phi) is 7.23. The van der Waals surface area contributed by atoms with Gasteiger partial charge in [-0.3, -0.25) is 9.59 Å². The number of nitrogens with zero attached hydrogens (tertiary/aromatic N) is 2. The molecule has 2 aliphatic rings. The number of hydrogen-bond acceptors (Lipinski definition) is 8. The molecule has 1 unspecified atom stereocenters. The number of carbonyl (C=O) groups is 3. The second-order valence-electron chi connectivity index (χ2n) is 11.0. The van der Waals surface area contributed by atoms with Crippen LogP contribution in [0.4, 0.5) is 16.2 Å². The van der Waals surface area contributed by atoms with Crippen molar-refractivity contribution in [3.8, 4) is 5.75 Å². The second kappa shape index (κ2) is 10.1. The van der Waals surface area contributed by atoms with Crippen molar-refractivity contribution < 1.29 is 33.4 Å². The van der Waals surface area contributed by atoms with Crippen LogP contribution in [0.1, 0.15) is 60.6 Å². The molecule has 0 bridgehead atoms. The number of ketones is 1. The average Bonchev–Trinajstić information content (AvgIpc) is 3.27. The molecule has 1 aromatic carbocycles. The van der Waals surface area contributed by atoms with E-state index in [4.69, 9.17) is 13.9 Å². The number of furan rings is 1. The topological polar surface area (TPSA) is 122 Å². The fourth-order valence-electron chi connectivity index (χ4n) is 4.68. The molecule has 2 N–H and O–H groups in total. The van der Waals surface area contributed by atoms with Crippen molar-refractivity contribution in [2.75, 3.05) is 50.1 Å². The number of methoxy groups -OCH3 is 1. The SMILES string of the molecule is COc1cc(N2CCN(C(=O)OC(C)(C)C)CC2)ccc1NC(=O)c1coc2c1C(=O)CC(C)(CO)C2. The highest BCUT2D eigenvalue weighted by molar-refractivity contribution is 6.14. The van der Waals surface area contributed by atoms with E-state index >= 15 is 0 Å². The van der Waals surface area contributed by atoms with E-state index in [1.54, 1.807) is 11.0 Å². The molecule has 2 heterocycles. The Hall–Kier alpha value is -3.53. The predicted molar refractivity (Wildman–Crippen MR) is 138 cm³/mol. The minimum atomic E-state index is -0.590. The maximum atomic E-state index is 13.1. The fourth-order valence-corrected chi connectivity index (χ4v) is 4.68. The number of amides is 2. The first-order valence-corrected chi connectivity index (χ1v) is 12.4. The Labute approximate surface area is 216 Å². The Bertz CT molecular complexity index is 1190. The van der Waals surface area contributed by atoms with Crippen LogP contribution in [-0.2, 0) is 11.2 Å². The van der Waals surface area contributed by atoms with Crippen molar-refractivity contribution in [2.45, 2.75) is 46.1 Å². The highest BCUT2D eigenvalue weighted by Gasteiger charge is 2.39.